The first-order valence-corrected chi connectivity index (χ1v) is 6.48. The molecule has 1 unspecified atom stereocenters. The highest BCUT2D eigenvalue weighted by Crippen LogP contribution is 2.15. The predicted molar refractivity (Wildman–Crippen MR) is 70.6 cm³/mol. The summed E-state index contributed by atoms with van der Waals surface area (Å²) in [6, 6.07) is 6.08. The maximum absolute atomic E-state index is 13.6. The zero-order valence-corrected chi connectivity index (χ0v) is 11.9. The van der Waals surface area contributed by atoms with E-state index in [1.165, 1.54) is 23.1 Å². The van der Waals surface area contributed by atoms with Gasteiger partial charge in [-0.2, -0.15) is 5.26 Å². The molecule has 0 aliphatic heterocycles. The molecule has 0 aliphatic rings. The average Bonchev–Trinajstić information content (AvgIpc) is 2.39. The van der Waals surface area contributed by atoms with E-state index in [9.17, 15) is 9.18 Å². The van der Waals surface area contributed by atoms with Crippen LogP contribution in [0.15, 0.2) is 18.2 Å². The van der Waals surface area contributed by atoms with Gasteiger partial charge >= 0.3 is 0 Å². The zero-order chi connectivity index (χ0) is 13.7. The first-order valence-electron chi connectivity index (χ1n) is 5.57. The molecule has 0 bridgehead atoms. The van der Waals surface area contributed by atoms with Crippen LogP contribution in [-0.2, 0) is 11.3 Å². The zero-order valence-electron chi connectivity index (χ0n) is 10.3. The van der Waals surface area contributed by atoms with Crippen LogP contribution in [0, 0.1) is 17.1 Å². The normalized spacial score (nSPS) is 11.7. The third-order valence-corrected chi connectivity index (χ3v) is 3.62. The molecule has 1 aromatic rings. The number of hydrogen-bond acceptors (Lipinski definition) is 2. The molecule has 5 heteroatoms. The average molecular weight is 313 g/mol. The molecule has 0 fully saturated rings. The standard InChI is InChI=1S/C13H14BrFN2O/c1-3-11(14)13(18)17(2)8-10-6-9(7-16)4-5-12(10)15/h4-6,11H,3,8H2,1-2H3. The third kappa shape index (κ3) is 3.54. The van der Waals surface area contributed by atoms with E-state index in [4.69, 9.17) is 5.26 Å². The van der Waals surface area contributed by atoms with Gasteiger partial charge in [0.2, 0.25) is 5.91 Å². The predicted octanol–water partition coefficient (Wildman–Crippen LogP) is 2.83. The van der Waals surface area contributed by atoms with Gasteiger partial charge in [0.15, 0.2) is 0 Å². The lowest BCUT2D eigenvalue weighted by Gasteiger charge is -2.20. The van der Waals surface area contributed by atoms with Gasteiger partial charge in [0.25, 0.3) is 0 Å². The van der Waals surface area contributed by atoms with Crippen LogP contribution in [-0.4, -0.2) is 22.7 Å². The molecule has 0 N–H and O–H groups in total. The number of amides is 1. The van der Waals surface area contributed by atoms with Gasteiger partial charge in [-0.15, -0.1) is 0 Å². The van der Waals surface area contributed by atoms with Crippen molar-refractivity contribution in [2.24, 2.45) is 0 Å². The Labute approximate surface area is 114 Å². The number of alkyl halides is 1. The summed E-state index contributed by atoms with van der Waals surface area (Å²) in [7, 11) is 1.62. The fourth-order valence-electron chi connectivity index (χ4n) is 1.51. The molecule has 0 saturated heterocycles. The van der Waals surface area contributed by atoms with Crippen molar-refractivity contribution < 1.29 is 9.18 Å². The lowest BCUT2D eigenvalue weighted by Crippen LogP contribution is -2.32. The van der Waals surface area contributed by atoms with E-state index in [1.54, 1.807) is 7.05 Å². The van der Waals surface area contributed by atoms with E-state index in [0.717, 1.165) is 0 Å². The van der Waals surface area contributed by atoms with Crippen LogP contribution < -0.4 is 0 Å². The van der Waals surface area contributed by atoms with Crippen LogP contribution in [0.5, 0.6) is 0 Å². The van der Waals surface area contributed by atoms with E-state index in [1.807, 2.05) is 13.0 Å². The van der Waals surface area contributed by atoms with Gasteiger partial charge in [0.05, 0.1) is 16.5 Å². The lowest BCUT2D eigenvalue weighted by molar-refractivity contribution is -0.129. The largest absolute Gasteiger partial charge is 0.340 e. The molecule has 1 aromatic carbocycles. The minimum Gasteiger partial charge on any atom is -0.340 e. The van der Waals surface area contributed by atoms with E-state index in [2.05, 4.69) is 15.9 Å². The summed E-state index contributed by atoms with van der Waals surface area (Å²) < 4.78 is 13.6. The molecule has 0 spiro atoms. The second-order valence-corrected chi connectivity index (χ2v) is 5.09. The van der Waals surface area contributed by atoms with Crippen LogP contribution in [0.3, 0.4) is 0 Å². The van der Waals surface area contributed by atoms with E-state index in [0.29, 0.717) is 17.5 Å². The Bertz CT molecular complexity index is 484. The first-order chi connectivity index (χ1) is 8.49. The van der Waals surface area contributed by atoms with Gasteiger partial charge in [-0.3, -0.25) is 4.79 Å². The molecule has 0 aromatic heterocycles. The Balaban J connectivity index is 2.85. The third-order valence-electron chi connectivity index (χ3n) is 2.58. The molecular formula is C13H14BrFN2O. The Hall–Kier alpha value is -1.41. The number of carbonyl (C=O) groups is 1. The summed E-state index contributed by atoms with van der Waals surface area (Å²) in [5.41, 5.74) is 0.735. The molecule has 3 nitrogen and oxygen atoms in total. The summed E-state index contributed by atoms with van der Waals surface area (Å²) >= 11 is 3.27. The smallest absolute Gasteiger partial charge is 0.236 e. The van der Waals surface area contributed by atoms with Gasteiger partial charge < -0.3 is 4.90 Å². The molecule has 0 radical (unpaired) electrons. The highest BCUT2D eigenvalue weighted by atomic mass is 79.9. The molecular weight excluding hydrogens is 299 g/mol. The second-order valence-electron chi connectivity index (χ2n) is 3.99. The maximum atomic E-state index is 13.6. The second kappa shape index (κ2) is 6.50. The van der Waals surface area contributed by atoms with Crippen LogP contribution in [0.4, 0.5) is 4.39 Å². The molecule has 1 rings (SSSR count). The van der Waals surface area contributed by atoms with Gasteiger partial charge in [0, 0.05) is 19.2 Å². The van der Waals surface area contributed by atoms with E-state index in [-0.39, 0.29) is 17.3 Å². The SMILES string of the molecule is CCC(Br)C(=O)N(C)Cc1cc(C#N)ccc1F. The van der Waals surface area contributed by atoms with E-state index < -0.39 is 5.82 Å². The van der Waals surface area contributed by atoms with Crippen molar-refractivity contribution in [1.82, 2.24) is 4.90 Å². The molecule has 0 saturated carbocycles. The molecule has 96 valence electrons. The highest BCUT2D eigenvalue weighted by molar-refractivity contribution is 9.10. The molecule has 0 aliphatic carbocycles. The maximum Gasteiger partial charge on any atom is 0.236 e. The minimum absolute atomic E-state index is 0.0979. The summed E-state index contributed by atoms with van der Waals surface area (Å²) in [5.74, 6) is -0.504. The Morgan fingerprint density at radius 3 is 2.83 bits per heavy atom. The Kier molecular flexibility index (Phi) is 5.29. The van der Waals surface area contributed by atoms with Crippen molar-refractivity contribution in [1.29, 1.82) is 5.26 Å². The lowest BCUT2D eigenvalue weighted by atomic mass is 10.1. The van der Waals surface area contributed by atoms with Crippen LogP contribution in [0.1, 0.15) is 24.5 Å². The van der Waals surface area contributed by atoms with Crippen molar-refractivity contribution in [3.05, 3.63) is 35.1 Å². The quantitative estimate of drug-likeness (QED) is 0.802. The van der Waals surface area contributed by atoms with E-state index >= 15 is 0 Å². The first kappa shape index (κ1) is 14.7. The van der Waals surface area contributed by atoms with Gasteiger partial charge in [-0.1, -0.05) is 22.9 Å². The molecule has 1 atom stereocenters. The molecule has 0 heterocycles. The monoisotopic (exact) mass is 312 g/mol. The fraction of sp³-hybridized carbons (Fsp3) is 0.385. The number of nitriles is 1. The van der Waals surface area contributed by atoms with Crippen molar-refractivity contribution >= 4 is 21.8 Å². The number of rotatable bonds is 4. The Morgan fingerprint density at radius 2 is 2.28 bits per heavy atom. The van der Waals surface area contributed by atoms with Gasteiger partial charge in [-0.05, 0) is 24.6 Å². The highest BCUT2D eigenvalue weighted by Gasteiger charge is 2.18. The van der Waals surface area contributed by atoms with Crippen molar-refractivity contribution in [2.45, 2.75) is 24.7 Å². The van der Waals surface area contributed by atoms with Crippen molar-refractivity contribution in [2.75, 3.05) is 7.05 Å². The number of halogens is 2. The van der Waals surface area contributed by atoms with Crippen LogP contribution >= 0.6 is 15.9 Å². The summed E-state index contributed by atoms with van der Waals surface area (Å²) in [6.07, 6.45) is 0.671. The fourth-order valence-corrected chi connectivity index (χ4v) is 1.86. The van der Waals surface area contributed by atoms with Crippen molar-refractivity contribution in [3.63, 3.8) is 0 Å². The van der Waals surface area contributed by atoms with Crippen LogP contribution in [0.2, 0.25) is 0 Å². The topological polar surface area (TPSA) is 44.1 Å². The van der Waals surface area contributed by atoms with Crippen LogP contribution in [0.25, 0.3) is 0 Å². The molecule has 1 amide bonds. The summed E-state index contributed by atoms with van der Waals surface area (Å²) in [4.78, 5) is 13.0. The number of benzene rings is 1. The minimum atomic E-state index is -0.406. The van der Waals surface area contributed by atoms with Gasteiger partial charge in [0.1, 0.15) is 5.82 Å². The Morgan fingerprint density at radius 1 is 1.61 bits per heavy atom. The number of hydrogen-bond donors (Lipinski definition) is 0. The van der Waals surface area contributed by atoms with Gasteiger partial charge in [-0.25, -0.2) is 4.39 Å². The number of nitrogens with zero attached hydrogens (tertiary/aromatic N) is 2. The number of carbonyl (C=O) groups excluding carboxylic acids is 1. The molecule has 18 heavy (non-hydrogen) atoms. The van der Waals surface area contributed by atoms with Crippen molar-refractivity contribution in [3.8, 4) is 6.07 Å². The summed E-state index contributed by atoms with van der Waals surface area (Å²) in [5, 5.41) is 8.76. The summed E-state index contributed by atoms with van der Waals surface area (Å²) in [6.45, 7) is 2.05.